The molecule has 1 aromatic heterocycles. The molecule has 0 amide bonds. The van der Waals surface area contributed by atoms with Crippen LogP contribution < -0.4 is 5.73 Å². The van der Waals surface area contributed by atoms with Gasteiger partial charge in [-0.05, 0) is 36.4 Å². The third kappa shape index (κ3) is 2.30. The Morgan fingerprint density at radius 3 is 2.32 bits per heavy atom. The van der Waals surface area contributed by atoms with Crippen molar-refractivity contribution in [1.82, 2.24) is 10.2 Å². The predicted octanol–water partition coefficient (Wildman–Crippen LogP) is 3.64. The summed E-state index contributed by atoms with van der Waals surface area (Å²) < 4.78 is 5.63. The van der Waals surface area contributed by atoms with Crippen LogP contribution in [0.1, 0.15) is 0 Å². The van der Waals surface area contributed by atoms with Crippen molar-refractivity contribution in [3.63, 3.8) is 0 Å². The Bertz CT molecular complexity index is 707. The van der Waals surface area contributed by atoms with Gasteiger partial charge in [-0.3, -0.25) is 0 Å². The van der Waals surface area contributed by atoms with Crippen molar-refractivity contribution in [3.8, 4) is 22.9 Å². The van der Waals surface area contributed by atoms with Crippen LogP contribution >= 0.6 is 11.6 Å². The number of nitrogen functional groups attached to an aromatic ring is 1. The Kier molecular flexibility index (Phi) is 2.93. The van der Waals surface area contributed by atoms with Gasteiger partial charge >= 0.3 is 0 Å². The van der Waals surface area contributed by atoms with E-state index in [1.165, 1.54) is 0 Å². The molecule has 2 N–H and O–H groups in total. The van der Waals surface area contributed by atoms with Crippen LogP contribution in [-0.2, 0) is 0 Å². The van der Waals surface area contributed by atoms with E-state index in [4.69, 9.17) is 21.8 Å². The van der Waals surface area contributed by atoms with Gasteiger partial charge in [0.05, 0.1) is 5.56 Å². The minimum atomic E-state index is 0.406. The van der Waals surface area contributed by atoms with E-state index in [-0.39, 0.29) is 0 Å². The zero-order valence-electron chi connectivity index (χ0n) is 9.88. The fourth-order valence-electron chi connectivity index (χ4n) is 1.73. The standard InChI is InChI=1S/C14H10ClN3O/c15-10-7-5-9(6-8-10)13-17-18-14(19-13)11-3-1-2-4-12(11)16/h1-8H,16H2. The van der Waals surface area contributed by atoms with Gasteiger partial charge in [-0.1, -0.05) is 23.7 Å². The average molecular weight is 272 g/mol. The molecule has 5 heteroatoms. The fraction of sp³-hybridized carbons (Fsp3) is 0. The summed E-state index contributed by atoms with van der Waals surface area (Å²) in [7, 11) is 0. The lowest BCUT2D eigenvalue weighted by Crippen LogP contribution is -1.88. The summed E-state index contributed by atoms with van der Waals surface area (Å²) in [4.78, 5) is 0. The maximum Gasteiger partial charge on any atom is 0.250 e. The zero-order valence-corrected chi connectivity index (χ0v) is 10.6. The van der Waals surface area contributed by atoms with Crippen molar-refractivity contribution >= 4 is 17.3 Å². The second-order valence-electron chi connectivity index (χ2n) is 4.01. The molecule has 94 valence electrons. The van der Waals surface area contributed by atoms with Gasteiger partial charge in [-0.15, -0.1) is 10.2 Å². The van der Waals surface area contributed by atoms with Gasteiger partial charge in [-0.2, -0.15) is 0 Å². The van der Waals surface area contributed by atoms with Crippen LogP contribution in [0.2, 0.25) is 5.02 Å². The lowest BCUT2D eigenvalue weighted by molar-refractivity contribution is 0.585. The summed E-state index contributed by atoms with van der Waals surface area (Å²) in [6, 6.07) is 14.6. The van der Waals surface area contributed by atoms with E-state index >= 15 is 0 Å². The molecular weight excluding hydrogens is 262 g/mol. The number of anilines is 1. The number of aromatic nitrogens is 2. The topological polar surface area (TPSA) is 64.9 Å². The third-order valence-corrected chi connectivity index (χ3v) is 2.96. The number of nitrogens with zero attached hydrogens (tertiary/aromatic N) is 2. The highest BCUT2D eigenvalue weighted by Crippen LogP contribution is 2.27. The smallest absolute Gasteiger partial charge is 0.250 e. The first-order valence-electron chi connectivity index (χ1n) is 5.68. The van der Waals surface area contributed by atoms with Gasteiger partial charge in [0.15, 0.2) is 0 Å². The van der Waals surface area contributed by atoms with Crippen molar-refractivity contribution in [1.29, 1.82) is 0 Å². The van der Waals surface area contributed by atoms with Gasteiger partial charge in [-0.25, -0.2) is 0 Å². The third-order valence-electron chi connectivity index (χ3n) is 2.71. The molecule has 4 nitrogen and oxygen atoms in total. The van der Waals surface area contributed by atoms with E-state index in [0.717, 1.165) is 11.1 Å². The largest absolute Gasteiger partial charge is 0.416 e. The van der Waals surface area contributed by atoms with E-state index in [1.807, 2.05) is 30.3 Å². The van der Waals surface area contributed by atoms with Gasteiger partial charge in [0.2, 0.25) is 11.8 Å². The summed E-state index contributed by atoms with van der Waals surface area (Å²) in [6.07, 6.45) is 0. The Hall–Kier alpha value is -2.33. The number of para-hydroxylation sites is 1. The van der Waals surface area contributed by atoms with Crippen molar-refractivity contribution in [2.24, 2.45) is 0 Å². The molecule has 3 aromatic rings. The minimum Gasteiger partial charge on any atom is -0.416 e. The normalized spacial score (nSPS) is 10.6. The van der Waals surface area contributed by atoms with E-state index in [1.54, 1.807) is 18.2 Å². The highest BCUT2D eigenvalue weighted by molar-refractivity contribution is 6.30. The first-order chi connectivity index (χ1) is 9.24. The first kappa shape index (κ1) is 11.7. The van der Waals surface area contributed by atoms with Crippen molar-refractivity contribution in [2.75, 3.05) is 5.73 Å². The van der Waals surface area contributed by atoms with Gasteiger partial charge in [0, 0.05) is 16.3 Å². The molecule has 0 aliphatic carbocycles. The number of rotatable bonds is 2. The Balaban J connectivity index is 2.00. The van der Waals surface area contributed by atoms with Crippen molar-refractivity contribution in [3.05, 3.63) is 53.6 Å². The molecule has 0 saturated heterocycles. The number of halogens is 1. The van der Waals surface area contributed by atoms with Crippen LogP contribution in [0.5, 0.6) is 0 Å². The molecule has 0 radical (unpaired) electrons. The molecule has 0 aliphatic rings. The van der Waals surface area contributed by atoms with E-state index < -0.39 is 0 Å². The van der Waals surface area contributed by atoms with Crippen molar-refractivity contribution < 1.29 is 4.42 Å². The quantitative estimate of drug-likeness (QED) is 0.723. The summed E-state index contributed by atoms with van der Waals surface area (Å²) in [6.45, 7) is 0. The molecule has 0 atom stereocenters. The summed E-state index contributed by atoms with van der Waals surface area (Å²) >= 11 is 5.84. The molecule has 0 fully saturated rings. The highest BCUT2D eigenvalue weighted by Gasteiger charge is 2.12. The number of hydrogen-bond donors (Lipinski definition) is 1. The minimum absolute atomic E-state index is 0.406. The lowest BCUT2D eigenvalue weighted by atomic mass is 10.2. The monoisotopic (exact) mass is 271 g/mol. The molecule has 0 unspecified atom stereocenters. The van der Waals surface area contributed by atoms with Crippen LogP contribution in [0.4, 0.5) is 5.69 Å². The molecule has 0 aliphatic heterocycles. The Labute approximate surface area is 114 Å². The van der Waals surface area contributed by atoms with Crippen LogP contribution in [0.15, 0.2) is 52.9 Å². The van der Waals surface area contributed by atoms with Gasteiger partial charge in [0.25, 0.3) is 0 Å². The number of hydrogen-bond acceptors (Lipinski definition) is 4. The molecule has 0 spiro atoms. The molecule has 2 aromatic carbocycles. The van der Waals surface area contributed by atoms with Crippen LogP contribution in [0.3, 0.4) is 0 Å². The Morgan fingerprint density at radius 1 is 0.895 bits per heavy atom. The van der Waals surface area contributed by atoms with E-state index in [0.29, 0.717) is 22.5 Å². The highest BCUT2D eigenvalue weighted by atomic mass is 35.5. The van der Waals surface area contributed by atoms with Crippen LogP contribution in [0.25, 0.3) is 22.9 Å². The average Bonchev–Trinajstić information content (AvgIpc) is 2.89. The van der Waals surface area contributed by atoms with Crippen molar-refractivity contribution in [2.45, 2.75) is 0 Å². The molecule has 3 rings (SSSR count). The molecular formula is C14H10ClN3O. The SMILES string of the molecule is Nc1ccccc1-c1nnc(-c2ccc(Cl)cc2)o1. The fourth-order valence-corrected chi connectivity index (χ4v) is 1.86. The lowest BCUT2D eigenvalue weighted by Gasteiger charge is -1.98. The van der Waals surface area contributed by atoms with Crippen LogP contribution in [-0.4, -0.2) is 10.2 Å². The first-order valence-corrected chi connectivity index (χ1v) is 6.06. The summed E-state index contributed by atoms with van der Waals surface area (Å²) in [5, 5.41) is 8.70. The van der Waals surface area contributed by atoms with Gasteiger partial charge in [0.1, 0.15) is 0 Å². The van der Waals surface area contributed by atoms with Gasteiger partial charge < -0.3 is 10.2 Å². The second-order valence-corrected chi connectivity index (χ2v) is 4.44. The number of benzene rings is 2. The molecule has 19 heavy (non-hydrogen) atoms. The van der Waals surface area contributed by atoms with Crippen LogP contribution in [0, 0.1) is 0 Å². The molecule has 0 saturated carbocycles. The zero-order chi connectivity index (χ0) is 13.2. The second kappa shape index (κ2) is 4.74. The van der Waals surface area contributed by atoms with E-state index in [2.05, 4.69) is 10.2 Å². The summed E-state index contributed by atoms with van der Waals surface area (Å²) in [5.74, 6) is 0.845. The van der Waals surface area contributed by atoms with E-state index in [9.17, 15) is 0 Å². The predicted molar refractivity (Wildman–Crippen MR) is 74.6 cm³/mol. The maximum absolute atomic E-state index is 5.88. The molecule has 1 heterocycles. The summed E-state index contributed by atoms with van der Waals surface area (Å²) in [5.41, 5.74) is 8.03. The maximum atomic E-state index is 5.88. The number of nitrogens with two attached hydrogens (primary N) is 1. The molecule has 0 bridgehead atoms. The Morgan fingerprint density at radius 2 is 1.58 bits per heavy atom.